The van der Waals surface area contributed by atoms with E-state index in [-0.39, 0.29) is 0 Å². The molecule has 3 aromatic rings. The van der Waals surface area contributed by atoms with Gasteiger partial charge in [0.25, 0.3) is 0 Å². The summed E-state index contributed by atoms with van der Waals surface area (Å²) in [7, 11) is 0. The second-order valence-corrected chi connectivity index (χ2v) is 4.18. The fourth-order valence-corrected chi connectivity index (χ4v) is 1.83. The summed E-state index contributed by atoms with van der Waals surface area (Å²) in [5, 5.41) is 11.2. The molecule has 0 fully saturated rings. The fraction of sp³-hybridized carbons (Fsp3) is 0. The van der Waals surface area contributed by atoms with Gasteiger partial charge in [-0.15, -0.1) is 0 Å². The smallest absolute Gasteiger partial charge is 0.216 e. The van der Waals surface area contributed by atoms with Gasteiger partial charge in [-0.1, -0.05) is 30.3 Å². The van der Waals surface area contributed by atoms with Crippen molar-refractivity contribution in [2.45, 2.75) is 0 Å². The van der Waals surface area contributed by atoms with Crippen molar-refractivity contribution in [2.24, 2.45) is 5.10 Å². The van der Waals surface area contributed by atoms with Gasteiger partial charge in [-0.2, -0.15) is 14.9 Å². The third-order valence-electron chi connectivity index (χ3n) is 2.53. The monoisotopic (exact) mass is 270 g/mol. The van der Waals surface area contributed by atoms with Crippen molar-refractivity contribution in [3.63, 3.8) is 0 Å². The van der Waals surface area contributed by atoms with Crippen LogP contribution < -0.4 is 0 Å². The lowest BCUT2D eigenvalue weighted by Gasteiger charge is -1.99. The average Bonchev–Trinajstić information content (AvgIpc) is 3.07. The van der Waals surface area contributed by atoms with Gasteiger partial charge in [0.15, 0.2) is 5.82 Å². The molecule has 3 rings (SSSR count). The molecule has 19 heavy (non-hydrogen) atoms. The standard InChI is InChI=1S/C13H10N4OS/c19-13-16-15-12(10-5-2-1-3-6-10)17(13)14-9-11-7-4-8-18-11/h1-9H,(H,16,19). The third kappa shape index (κ3) is 2.38. The lowest BCUT2D eigenvalue weighted by atomic mass is 10.2. The van der Waals surface area contributed by atoms with Crippen LogP contribution in [0.4, 0.5) is 0 Å². The Bertz CT molecular complexity index is 741. The van der Waals surface area contributed by atoms with Gasteiger partial charge >= 0.3 is 0 Å². The number of aromatic amines is 1. The summed E-state index contributed by atoms with van der Waals surface area (Å²) in [5.41, 5.74) is 0.937. The Morgan fingerprint density at radius 2 is 2.05 bits per heavy atom. The van der Waals surface area contributed by atoms with E-state index >= 15 is 0 Å². The van der Waals surface area contributed by atoms with E-state index < -0.39 is 0 Å². The zero-order chi connectivity index (χ0) is 13.1. The largest absolute Gasteiger partial charge is 0.463 e. The minimum absolute atomic E-state index is 0.432. The van der Waals surface area contributed by atoms with Crippen LogP contribution >= 0.6 is 12.2 Å². The Morgan fingerprint density at radius 3 is 2.79 bits per heavy atom. The third-order valence-corrected chi connectivity index (χ3v) is 2.79. The molecule has 0 atom stereocenters. The molecule has 0 spiro atoms. The summed E-state index contributed by atoms with van der Waals surface area (Å²) in [6, 6.07) is 13.3. The Labute approximate surface area is 114 Å². The number of aromatic nitrogens is 3. The van der Waals surface area contributed by atoms with Crippen molar-refractivity contribution in [3.8, 4) is 11.4 Å². The van der Waals surface area contributed by atoms with Gasteiger partial charge < -0.3 is 4.42 Å². The quantitative estimate of drug-likeness (QED) is 0.587. The first kappa shape index (κ1) is 11.6. The first-order chi connectivity index (χ1) is 9.34. The summed E-state index contributed by atoms with van der Waals surface area (Å²) in [6.45, 7) is 0. The molecule has 0 bridgehead atoms. The van der Waals surface area contributed by atoms with Crippen LogP contribution in [0.15, 0.2) is 58.2 Å². The van der Waals surface area contributed by atoms with Crippen LogP contribution in [0, 0.1) is 4.77 Å². The Balaban J connectivity index is 2.02. The molecule has 0 aliphatic heterocycles. The van der Waals surface area contributed by atoms with Crippen LogP contribution in [0.5, 0.6) is 0 Å². The molecule has 0 radical (unpaired) electrons. The zero-order valence-corrected chi connectivity index (χ0v) is 10.7. The van der Waals surface area contributed by atoms with Crippen LogP contribution in [0.25, 0.3) is 11.4 Å². The van der Waals surface area contributed by atoms with Crippen LogP contribution in [0.1, 0.15) is 5.76 Å². The first-order valence-corrected chi connectivity index (χ1v) is 6.06. The second kappa shape index (κ2) is 5.03. The molecule has 0 amide bonds. The van der Waals surface area contributed by atoms with Crippen molar-refractivity contribution >= 4 is 18.4 Å². The van der Waals surface area contributed by atoms with E-state index in [9.17, 15) is 0 Å². The number of benzene rings is 1. The Hall–Kier alpha value is -2.47. The highest BCUT2D eigenvalue weighted by molar-refractivity contribution is 7.71. The topological polar surface area (TPSA) is 59.1 Å². The highest BCUT2D eigenvalue weighted by Gasteiger charge is 2.07. The Kier molecular flexibility index (Phi) is 3.07. The highest BCUT2D eigenvalue weighted by Crippen LogP contribution is 2.16. The second-order valence-electron chi connectivity index (χ2n) is 3.79. The molecule has 5 nitrogen and oxygen atoms in total. The van der Waals surface area contributed by atoms with Gasteiger partial charge in [0.05, 0.1) is 12.5 Å². The van der Waals surface area contributed by atoms with Crippen LogP contribution in [-0.2, 0) is 0 Å². The van der Waals surface area contributed by atoms with Gasteiger partial charge in [-0.3, -0.25) is 0 Å². The molecule has 0 aliphatic rings. The summed E-state index contributed by atoms with van der Waals surface area (Å²) >= 11 is 5.17. The molecule has 0 aliphatic carbocycles. The summed E-state index contributed by atoms with van der Waals surface area (Å²) < 4.78 is 7.18. The summed E-state index contributed by atoms with van der Waals surface area (Å²) in [4.78, 5) is 0. The lowest BCUT2D eigenvalue weighted by molar-refractivity contribution is 0.559. The fourth-order valence-electron chi connectivity index (χ4n) is 1.65. The van der Waals surface area contributed by atoms with Crippen molar-refractivity contribution < 1.29 is 4.42 Å². The predicted molar refractivity (Wildman–Crippen MR) is 74.5 cm³/mol. The van der Waals surface area contributed by atoms with Gasteiger partial charge in [0, 0.05) is 5.56 Å². The highest BCUT2D eigenvalue weighted by atomic mass is 32.1. The Morgan fingerprint density at radius 1 is 1.21 bits per heavy atom. The molecule has 6 heteroatoms. The van der Waals surface area contributed by atoms with E-state index in [1.807, 2.05) is 36.4 Å². The number of rotatable bonds is 3. The van der Waals surface area contributed by atoms with E-state index in [2.05, 4.69) is 15.3 Å². The van der Waals surface area contributed by atoms with Crippen molar-refractivity contribution in [1.29, 1.82) is 0 Å². The van der Waals surface area contributed by atoms with E-state index in [4.69, 9.17) is 16.6 Å². The van der Waals surface area contributed by atoms with Crippen LogP contribution in [0.2, 0.25) is 0 Å². The molecule has 0 saturated heterocycles. The zero-order valence-electron chi connectivity index (χ0n) is 9.85. The molecular formula is C13H10N4OS. The van der Waals surface area contributed by atoms with Crippen molar-refractivity contribution in [3.05, 3.63) is 59.3 Å². The van der Waals surface area contributed by atoms with Gasteiger partial charge in [-0.05, 0) is 24.4 Å². The van der Waals surface area contributed by atoms with E-state index in [1.165, 1.54) is 0 Å². The summed E-state index contributed by atoms with van der Waals surface area (Å²) in [6.07, 6.45) is 3.19. The minimum atomic E-state index is 0.432. The molecule has 94 valence electrons. The van der Waals surface area contributed by atoms with Crippen molar-refractivity contribution in [1.82, 2.24) is 14.9 Å². The lowest BCUT2D eigenvalue weighted by Crippen LogP contribution is -1.94. The predicted octanol–water partition coefficient (Wildman–Crippen LogP) is 3.08. The number of hydrogen-bond acceptors (Lipinski definition) is 4. The molecular weight excluding hydrogens is 260 g/mol. The van der Waals surface area contributed by atoms with Gasteiger partial charge in [0.2, 0.25) is 4.77 Å². The first-order valence-electron chi connectivity index (χ1n) is 5.65. The maximum atomic E-state index is 5.19. The number of hydrogen-bond donors (Lipinski definition) is 1. The molecule has 0 unspecified atom stereocenters. The molecule has 2 aromatic heterocycles. The molecule has 1 aromatic carbocycles. The molecule has 1 N–H and O–H groups in total. The van der Waals surface area contributed by atoms with Crippen LogP contribution in [-0.4, -0.2) is 21.1 Å². The van der Waals surface area contributed by atoms with Gasteiger partial charge in [0.1, 0.15) is 5.76 Å². The number of H-pyrrole nitrogens is 1. The van der Waals surface area contributed by atoms with E-state index in [1.54, 1.807) is 23.2 Å². The minimum Gasteiger partial charge on any atom is -0.463 e. The summed E-state index contributed by atoms with van der Waals surface area (Å²) in [5.74, 6) is 1.32. The maximum Gasteiger partial charge on any atom is 0.216 e. The average molecular weight is 270 g/mol. The number of nitrogens with one attached hydrogen (secondary N) is 1. The number of nitrogens with zero attached hydrogens (tertiary/aromatic N) is 3. The molecule has 0 saturated carbocycles. The van der Waals surface area contributed by atoms with Crippen LogP contribution in [0.3, 0.4) is 0 Å². The number of furan rings is 1. The molecule has 2 heterocycles. The van der Waals surface area contributed by atoms with E-state index in [0.717, 1.165) is 5.56 Å². The van der Waals surface area contributed by atoms with Gasteiger partial charge in [-0.25, -0.2) is 5.10 Å². The normalized spacial score (nSPS) is 11.2. The SMILES string of the molecule is S=c1[nH]nc(-c2ccccc2)n1N=Cc1ccco1. The van der Waals surface area contributed by atoms with Crippen molar-refractivity contribution in [2.75, 3.05) is 0 Å². The van der Waals surface area contributed by atoms with E-state index in [0.29, 0.717) is 16.4 Å². The maximum absolute atomic E-state index is 5.19.